The lowest BCUT2D eigenvalue weighted by Gasteiger charge is -2.14. The first-order valence-corrected chi connectivity index (χ1v) is 6.31. The van der Waals surface area contributed by atoms with Gasteiger partial charge in [0.2, 0.25) is 0 Å². The van der Waals surface area contributed by atoms with Gasteiger partial charge in [-0.15, -0.1) is 0 Å². The van der Waals surface area contributed by atoms with Crippen molar-refractivity contribution in [1.82, 2.24) is 0 Å². The molecule has 0 unspecified atom stereocenters. The molecule has 0 saturated heterocycles. The lowest BCUT2D eigenvalue weighted by atomic mass is 9.89. The largest absolute Gasteiger partial charge is 0.494 e. The second-order valence-corrected chi connectivity index (χ2v) is 5.11. The molecule has 18 heavy (non-hydrogen) atoms. The number of ether oxygens (including phenoxy) is 1. The summed E-state index contributed by atoms with van der Waals surface area (Å²) < 4.78 is 5.60. The highest BCUT2D eigenvalue weighted by molar-refractivity contribution is 5.27. The standard InChI is InChI=1S/C15H21NO2/c1-15(2,12-16)8-3-4-9-18-14-7-5-6-13(10-14)11-17/h5-7,10,17H,3-4,8-9,11H2,1-2H3. The molecule has 0 fully saturated rings. The van der Waals surface area contributed by atoms with E-state index in [1.165, 1.54) is 0 Å². The van der Waals surface area contributed by atoms with Crippen molar-refractivity contribution in [1.29, 1.82) is 5.26 Å². The van der Waals surface area contributed by atoms with Gasteiger partial charge in [0.25, 0.3) is 0 Å². The Morgan fingerprint density at radius 2 is 2.11 bits per heavy atom. The highest BCUT2D eigenvalue weighted by Gasteiger charge is 2.15. The van der Waals surface area contributed by atoms with Crippen molar-refractivity contribution in [2.75, 3.05) is 6.61 Å². The minimum atomic E-state index is -0.239. The van der Waals surface area contributed by atoms with E-state index in [9.17, 15) is 0 Å². The zero-order chi connectivity index (χ0) is 13.4. The maximum Gasteiger partial charge on any atom is 0.119 e. The molecule has 1 aromatic rings. The lowest BCUT2D eigenvalue weighted by Crippen LogP contribution is -2.08. The van der Waals surface area contributed by atoms with Gasteiger partial charge in [-0.2, -0.15) is 5.26 Å². The molecule has 0 aliphatic carbocycles. The van der Waals surface area contributed by atoms with E-state index < -0.39 is 0 Å². The summed E-state index contributed by atoms with van der Waals surface area (Å²) >= 11 is 0. The predicted octanol–water partition coefficient (Wildman–Crippen LogP) is 3.28. The minimum absolute atomic E-state index is 0.0353. The van der Waals surface area contributed by atoms with E-state index >= 15 is 0 Å². The van der Waals surface area contributed by atoms with Gasteiger partial charge in [-0.1, -0.05) is 12.1 Å². The van der Waals surface area contributed by atoms with Crippen LogP contribution in [0.15, 0.2) is 24.3 Å². The van der Waals surface area contributed by atoms with Crippen molar-refractivity contribution in [2.24, 2.45) is 5.41 Å². The van der Waals surface area contributed by atoms with Crippen molar-refractivity contribution in [3.8, 4) is 11.8 Å². The molecule has 0 amide bonds. The molecule has 0 spiro atoms. The Kier molecular flexibility index (Phi) is 5.67. The van der Waals surface area contributed by atoms with E-state index in [4.69, 9.17) is 15.1 Å². The first-order valence-electron chi connectivity index (χ1n) is 6.31. The van der Waals surface area contributed by atoms with Gasteiger partial charge in [0.1, 0.15) is 5.75 Å². The Morgan fingerprint density at radius 1 is 1.33 bits per heavy atom. The molecule has 0 bridgehead atoms. The van der Waals surface area contributed by atoms with Crippen LogP contribution in [0.3, 0.4) is 0 Å². The van der Waals surface area contributed by atoms with E-state index in [0.717, 1.165) is 30.6 Å². The molecule has 3 nitrogen and oxygen atoms in total. The molecule has 0 aliphatic heterocycles. The SMILES string of the molecule is CC(C)(C#N)CCCCOc1cccc(CO)c1. The van der Waals surface area contributed by atoms with E-state index in [2.05, 4.69) is 6.07 Å². The molecule has 0 saturated carbocycles. The molecule has 0 heterocycles. The number of nitriles is 1. The van der Waals surface area contributed by atoms with Gasteiger partial charge in [0.05, 0.1) is 24.7 Å². The molecule has 98 valence electrons. The van der Waals surface area contributed by atoms with Crippen LogP contribution in [0.25, 0.3) is 0 Å². The summed E-state index contributed by atoms with van der Waals surface area (Å²) in [5.74, 6) is 0.793. The van der Waals surface area contributed by atoms with Crippen molar-refractivity contribution in [3.63, 3.8) is 0 Å². The number of hydrogen-bond donors (Lipinski definition) is 1. The van der Waals surface area contributed by atoms with E-state index in [-0.39, 0.29) is 12.0 Å². The molecular weight excluding hydrogens is 226 g/mol. The predicted molar refractivity (Wildman–Crippen MR) is 71.1 cm³/mol. The highest BCUT2D eigenvalue weighted by Crippen LogP contribution is 2.21. The maximum absolute atomic E-state index is 9.00. The van der Waals surface area contributed by atoms with Crippen LogP contribution in [-0.2, 0) is 6.61 Å². The molecule has 0 atom stereocenters. The monoisotopic (exact) mass is 247 g/mol. The zero-order valence-corrected chi connectivity index (χ0v) is 11.1. The normalized spacial score (nSPS) is 11.0. The van der Waals surface area contributed by atoms with Crippen molar-refractivity contribution < 1.29 is 9.84 Å². The van der Waals surface area contributed by atoms with Gasteiger partial charge in [-0.25, -0.2) is 0 Å². The highest BCUT2D eigenvalue weighted by atomic mass is 16.5. The number of aliphatic hydroxyl groups is 1. The summed E-state index contributed by atoms with van der Waals surface area (Å²) in [5, 5.41) is 17.9. The van der Waals surface area contributed by atoms with Gasteiger partial charge >= 0.3 is 0 Å². The van der Waals surface area contributed by atoms with Gasteiger partial charge in [0.15, 0.2) is 0 Å². The second kappa shape index (κ2) is 7.03. The summed E-state index contributed by atoms with van der Waals surface area (Å²) in [4.78, 5) is 0. The fourth-order valence-corrected chi connectivity index (χ4v) is 1.65. The van der Waals surface area contributed by atoms with E-state index in [0.29, 0.717) is 6.61 Å². The zero-order valence-electron chi connectivity index (χ0n) is 11.1. The molecule has 0 aromatic heterocycles. The third kappa shape index (κ3) is 5.20. The minimum Gasteiger partial charge on any atom is -0.494 e. The Labute approximate surface area is 109 Å². The lowest BCUT2D eigenvalue weighted by molar-refractivity contribution is 0.277. The number of unbranched alkanes of at least 4 members (excludes halogenated alkanes) is 1. The third-order valence-corrected chi connectivity index (χ3v) is 2.85. The summed E-state index contributed by atoms with van der Waals surface area (Å²) in [5.41, 5.74) is 0.620. The molecule has 1 rings (SSSR count). The second-order valence-electron chi connectivity index (χ2n) is 5.11. The van der Waals surface area contributed by atoms with Crippen molar-refractivity contribution in [2.45, 2.75) is 39.7 Å². The van der Waals surface area contributed by atoms with Crippen LogP contribution in [0.5, 0.6) is 5.75 Å². The molecule has 1 aromatic carbocycles. The Balaban J connectivity index is 2.24. The van der Waals surface area contributed by atoms with E-state index in [1.807, 2.05) is 38.1 Å². The Hall–Kier alpha value is -1.53. The number of aliphatic hydroxyl groups excluding tert-OH is 1. The number of hydrogen-bond acceptors (Lipinski definition) is 3. The van der Waals surface area contributed by atoms with Gasteiger partial charge in [-0.3, -0.25) is 0 Å². The first kappa shape index (κ1) is 14.5. The van der Waals surface area contributed by atoms with Crippen molar-refractivity contribution in [3.05, 3.63) is 29.8 Å². The molecule has 3 heteroatoms. The van der Waals surface area contributed by atoms with Crippen LogP contribution in [0.4, 0.5) is 0 Å². The average Bonchev–Trinajstić information content (AvgIpc) is 2.38. The Morgan fingerprint density at radius 3 is 2.78 bits per heavy atom. The summed E-state index contributed by atoms with van der Waals surface area (Å²) in [6.07, 6.45) is 2.82. The smallest absolute Gasteiger partial charge is 0.119 e. The summed E-state index contributed by atoms with van der Waals surface area (Å²) in [6.45, 7) is 4.60. The van der Waals surface area contributed by atoms with Gasteiger partial charge < -0.3 is 9.84 Å². The van der Waals surface area contributed by atoms with Crippen LogP contribution in [-0.4, -0.2) is 11.7 Å². The van der Waals surface area contributed by atoms with Crippen LogP contribution in [0, 0.1) is 16.7 Å². The fourth-order valence-electron chi connectivity index (χ4n) is 1.65. The number of benzene rings is 1. The van der Waals surface area contributed by atoms with Gasteiger partial charge in [0, 0.05) is 0 Å². The molecule has 0 aliphatic rings. The van der Waals surface area contributed by atoms with Crippen LogP contribution in [0.1, 0.15) is 38.7 Å². The summed E-state index contributed by atoms with van der Waals surface area (Å²) in [6, 6.07) is 9.77. The third-order valence-electron chi connectivity index (χ3n) is 2.85. The van der Waals surface area contributed by atoms with E-state index in [1.54, 1.807) is 0 Å². The average molecular weight is 247 g/mol. The maximum atomic E-state index is 9.00. The molecule has 0 radical (unpaired) electrons. The quantitative estimate of drug-likeness (QED) is 0.752. The van der Waals surface area contributed by atoms with Crippen LogP contribution < -0.4 is 4.74 Å². The van der Waals surface area contributed by atoms with Crippen molar-refractivity contribution >= 4 is 0 Å². The molecule has 1 N–H and O–H groups in total. The fraction of sp³-hybridized carbons (Fsp3) is 0.533. The topological polar surface area (TPSA) is 53.2 Å². The number of nitrogens with zero attached hydrogens (tertiary/aromatic N) is 1. The Bertz CT molecular complexity index is 407. The van der Waals surface area contributed by atoms with Crippen LogP contribution in [0.2, 0.25) is 0 Å². The first-order chi connectivity index (χ1) is 8.57. The van der Waals surface area contributed by atoms with Crippen LogP contribution >= 0.6 is 0 Å². The van der Waals surface area contributed by atoms with Gasteiger partial charge in [-0.05, 0) is 50.8 Å². The number of rotatable bonds is 7. The summed E-state index contributed by atoms with van der Waals surface area (Å²) in [7, 11) is 0. The molecular formula is C15H21NO2.